The molecule has 1 aliphatic heterocycles. The van der Waals surface area contributed by atoms with Gasteiger partial charge < -0.3 is 9.84 Å². The van der Waals surface area contributed by atoms with Crippen LogP contribution in [-0.2, 0) is 9.53 Å². The van der Waals surface area contributed by atoms with Crippen molar-refractivity contribution in [1.82, 2.24) is 0 Å². The first kappa shape index (κ1) is 8.01. The number of alkyl halides is 1. The summed E-state index contributed by atoms with van der Waals surface area (Å²) in [6.07, 6.45) is 1.83. The van der Waals surface area contributed by atoms with Crippen LogP contribution >= 0.6 is 15.9 Å². The highest BCUT2D eigenvalue weighted by Gasteiger charge is 2.24. The van der Waals surface area contributed by atoms with Gasteiger partial charge >= 0.3 is 5.97 Å². The fourth-order valence-corrected chi connectivity index (χ4v) is 0.955. The van der Waals surface area contributed by atoms with Crippen LogP contribution in [0.2, 0.25) is 0 Å². The van der Waals surface area contributed by atoms with Crippen molar-refractivity contribution >= 4 is 21.9 Å². The molecule has 58 valence electrons. The highest BCUT2D eigenvalue weighted by Crippen LogP contribution is 2.19. The van der Waals surface area contributed by atoms with Gasteiger partial charge in [0.05, 0.1) is 12.7 Å². The average molecular weight is 209 g/mol. The zero-order chi connectivity index (χ0) is 7.56. The Hall–Kier alpha value is -0.0900. The summed E-state index contributed by atoms with van der Waals surface area (Å²) in [7, 11) is 0. The molecular weight excluding hydrogens is 200 g/mol. The number of hydrogen-bond acceptors (Lipinski definition) is 2. The van der Waals surface area contributed by atoms with Crippen molar-refractivity contribution in [2.24, 2.45) is 0 Å². The Morgan fingerprint density at radius 1 is 1.90 bits per heavy atom. The van der Waals surface area contributed by atoms with Gasteiger partial charge in [0.15, 0.2) is 0 Å². The second-order valence-electron chi connectivity index (χ2n) is 2.34. The van der Waals surface area contributed by atoms with E-state index in [1.54, 1.807) is 0 Å². The van der Waals surface area contributed by atoms with Crippen molar-refractivity contribution in [1.29, 1.82) is 0 Å². The number of epoxide rings is 1. The Labute approximate surface area is 67.5 Å². The highest BCUT2D eigenvalue weighted by molar-refractivity contribution is 9.10. The quantitative estimate of drug-likeness (QED) is 0.555. The van der Waals surface area contributed by atoms with Crippen LogP contribution in [0.25, 0.3) is 0 Å². The molecule has 2 unspecified atom stereocenters. The number of aliphatic carboxylic acids is 1. The number of carbonyl (C=O) groups is 1. The van der Waals surface area contributed by atoms with Crippen molar-refractivity contribution in [2.45, 2.75) is 23.8 Å². The van der Waals surface area contributed by atoms with Crippen molar-refractivity contribution < 1.29 is 14.6 Å². The highest BCUT2D eigenvalue weighted by atomic mass is 79.9. The zero-order valence-electron chi connectivity index (χ0n) is 5.42. The molecule has 1 rings (SSSR count). The van der Waals surface area contributed by atoms with Gasteiger partial charge in [0.2, 0.25) is 0 Å². The molecule has 0 radical (unpaired) electrons. The van der Waals surface area contributed by atoms with E-state index in [4.69, 9.17) is 9.84 Å². The molecular formula is C6H9BrO3. The first-order valence-electron chi connectivity index (χ1n) is 3.18. The van der Waals surface area contributed by atoms with Crippen molar-refractivity contribution in [3.05, 3.63) is 0 Å². The van der Waals surface area contributed by atoms with Crippen molar-refractivity contribution in [3.63, 3.8) is 0 Å². The molecule has 0 aromatic rings. The van der Waals surface area contributed by atoms with Crippen molar-refractivity contribution in [2.75, 3.05) is 6.61 Å². The second-order valence-corrected chi connectivity index (χ2v) is 3.44. The summed E-state index contributed by atoms with van der Waals surface area (Å²) in [5.41, 5.74) is 0. The predicted octanol–water partition coefficient (Wildman–Crippen LogP) is 1.01. The van der Waals surface area contributed by atoms with Gasteiger partial charge in [0.1, 0.15) is 4.83 Å². The van der Waals surface area contributed by atoms with Gasteiger partial charge in [-0.2, -0.15) is 0 Å². The average Bonchev–Trinajstić information content (AvgIpc) is 2.64. The van der Waals surface area contributed by atoms with Crippen molar-refractivity contribution in [3.8, 4) is 0 Å². The van der Waals surface area contributed by atoms with Crippen LogP contribution in [0.15, 0.2) is 0 Å². The topological polar surface area (TPSA) is 49.8 Å². The van der Waals surface area contributed by atoms with Gasteiger partial charge in [0.25, 0.3) is 0 Å². The van der Waals surface area contributed by atoms with Crippen LogP contribution in [0.3, 0.4) is 0 Å². The summed E-state index contributed by atoms with van der Waals surface area (Å²) in [6.45, 7) is 0.805. The normalized spacial score (nSPS) is 25.9. The number of carboxylic acid groups (broad SMARTS) is 1. The van der Waals surface area contributed by atoms with E-state index in [2.05, 4.69) is 15.9 Å². The maximum atomic E-state index is 10.2. The minimum absolute atomic E-state index is 0.333. The Kier molecular flexibility index (Phi) is 2.68. The zero-order valence-corrected chi connectivity index (χ0v) is 7.00. The molecule has 0 bridgehead atoms. The van der Waals surface area contributed by atoms with Crippen LogP contribution in [0.5, 0.6) is 0 Å². The largest absolute Gasteiger partial charge is 0.480 e. The number of ether oxygens (including phenoxy) is 1. The standard InChI is InChI=1S/C6H9BrO3/c7-5(6(8)9)2-1-4-3-10-4/h4-5H,1-3H2,(H,8,9). The summed E-state index contributed by atoms with van der Waals surface area (Å²) in [6, 6.07) is 0. The summed E-state index contributed by atoms with van der Waals surface area (Å²) in [5.74, 6) is -0.791. The van der Waals surface area contributed by atoms with Gasteiger partial charge in [-0.25, -0.2) is 0 Å². The van der Waals surface area contributed by atoms with E-state index in [0.29, 0.717) is 12.5 Å². The van der Waals surface area contributed by atoms with Crippen LogP contribution < -0.4 is 0 Å². The van der Waals surface area contributed by atoms with Gasteiger partial charge in [-0.1, -0.05) is 15.9 Å². The summed E-state index contributed by atoms with van der Waals surface area (Å²) in [5, 5.41) is 8.43. The smallest absolute Gasteiger partial charge is 0.317 e. The van der Waals surface area contributed by atoms with Gasteiger partial charge in [-0.15, -0.1) is 0 Å². The Balaban J connectivity index is 2.05. The molecule has 4 heteroatoms. The van der Waals surface area contributed by atoms with E-state index in [0.717, 1.165) is 13.0 Å². The molecule has 0 saturated carbocycles. The minimum atomic E-state index is -0.791. The van der Waals surface area contributed by atoms with E-state index in [9.17, 15) is 4.79 Å². The Morgan fingerprint density at radius 2 is 2.50 bits per heavy atom. The molecule has 2 atom stereocenters. The number of carboxylic acids is 1. The second kappa shape index (κ2) is 3.34. The summed E-state index contributed by atoms with van der Waals surface area (Å²) < 4.78 is 4.92. The monoisotopic (exact) mass is 208 g/mol. The lowest BCUT2D eigenvalue weighted by molar-refractivity contribution is -0.136. The van der Waals surface area contributed by atoms with E-state index in [1.807, 2.05) is 0 Å². The molecule has 10 heavy (non-hydrogen) atoms. The molecule has 1 heterocycles. The molecule has 0 amide bonds. The number of halogens is 1. The molecule has 0 spiro atoms. The van der Waals surface area contributed by atoms with E-state index in [1.165, 1.54) is 0 Å². The maximum Gasteiger partial charge on any atom is 0.317 e. The molecule has 1 saturated heterocycles. The molecule has 3 nitrogen and oxygen atoms in total. The molecule has 0 aliphatic carbocycles. The summed E-state index contributed by atoms with van der Waals surface area (Å²) in [4.78, 5) is 9.84. The molecule has 1 fully saturated rings. The molecule has 0 aromatic carbocycles. The number of rotatable bonds is 4. The van der Waals surface area contributed by atoms with Crippen LogP contribution in [0.1, 0.15) is 12.8 Å². The predicted molar refractivity (Wildman–Crippen MR) is 39.3 cm³/mol. The lowest BCUT2D eigenvalue weighted by Crippen LogP contribution is -2.12. The van der Waals surface area contributed by atoms with Gasteiger partial charge in [-0.3, -0.25) is 4.79 Å². The molecule has 0 aromatic heterocycles. The van der Waals surface area contributed by atoms with E-state index >= 15 is 0 Å². The Morgan fingerprint density at radius 3 is 2.90 bits per heavy atom. The van der Waals surface area contributed by atoms with Gasteiger partial charge in [0, 0.05) is 0 Å². The van der Waals surface area contributed by atoms with Gasteiger partial charge in [-0.05, 0) is 12.8 Å². The van der Waals surface area contributed by atoms with Crippen LogP contribution in [-0.4, -0.2) is 28.6 Å². The third-order valence-corrected chi connectivity index (χ3v) is 2.26. The first-order chi connectivity index (χ1) is 4.70. The molecule has 1 N–H and O–H groups in total. The third-order valence-electron chi connectivity index (χ3n) is 1.41. The molecule has 1 aliphatic rings. The van der Waals surface area contributed by atoms with E-state index in [-0.39, 0.29) is 0 Å². The third kappa shape index (κ3) is 2.66. The van der Waals surface area contributed by atoms with Crippen LogP contribution in [0.4, 0.5) is 0 Å². The minimum Gasteiger partial charge on any atom is -0.480 e. The fraction of sp³-hybridized carbons (Fsp3) is 0.833. The maximum absolute atomic E-state index is 10.2. The number of hydrogen-bond donors (Lipinski definition) is 1. The lowest BCUT2D eigenvalue weighted by atomic mass is 10.2. The summed E-state index contributed by atoms with van der Waals surface area (Å²) >= 11 is 3.04. The Bertz CT molecular complexity index is 133. The van der Waals surface area contributed by atoms with Crippen LogP contribution in [0, 0.1) is 0 Å². The van der Waals surface area contributed by atoms with E-state index < -0.39 is 10.8 Å². The fourth-order valence-electron chi connectivity index (χ4n) is 0.690. The first-order valence-corrected chi connectivity index (χ1v) is 4.10. The SMILES string of the molecule is O=C(O)C(Br)CCC1CO1. The lowest BCUT2D eigenvalue weighted by Gasteiger charge is -2.00.